The molecule has 2 fully saturated rings. The van der Waals surface area contributed by atoms with Crippen LogP contribution in [0.4, 0.5) is 0 Å². The Morgan fingerprint density at radius 1 is 1.21 bits per heavy atom. The van der Waals surface area contributed by atoms with E-state index < -0.39 is 0 Å². The maximum atomic E-state index is 12.3. The van der Waals surface area contributed by atoms with E-state index in [0.29, 0.717) is 0 Å². The molecular formula is C18H25ClN4O. The van der Waals surface area contributed by atoms with Crippen LogP contribution in [0.5, 0.6) is 0 Å². The van der Waals surface area contributed by atoms with Crippen LogP contribution in [-0.4, -0.2) is 39.5 Å². The predicted octanol–water partition coefficient (Wildman–Crippen LogP) is 2.22. The van der Waals surface area contributed by atoms with Gasteiger partial charge in [-0.25, -0.2) is 4.98 Å². The van der Waals surface area contributed by atoms with Crippen LogP contribution in [0.1, 0.15) is 37.8 Å². The van der Waals surface area contributed by atoms with Gasteiger partial charge in [0.15, 0.2) is 0 Å². The molecule has 0 bridgehead atoms. The van der Waals surface area contributed by atoms with E-state index in [2.05, 4.69) is 10.2 Å². The average molecular weight is 349 g/mol. The van der Waals surface area contributed by atoms with E-state index in [1.807, 2.05) is 18.2 Å². The maximum absolute atomic E-state index is 12.3. The number of pyridine rings is 1. The van der Waals surface area contributed by atoms with Crippen LogP contribution in [0.3, 0.4) is 0 Å². The van der Waals surface area contributed by atoms with Gasteiger partial charge in [-0.2, -0.15) is 0 Å². The van der Waals surface area contributed by atoms with Crippen LogP contribution < -0.4 is 10.9 Å². The van der Waals surface area contributed by atoms with Crippen LogP contribution in [0.25, 0.3) is 5.65 Å². The number of nitrogens with one attached hydrogen (secondary N) is 1. The monoisotopic (exact) mass is 348 g/mol. The highest BCUT2D eigenvalue weighted by molar-refractivity contribution is 5.85. The van der Waals surface area contributed by atoms with Gasteiger partial charge in [-0.05, 0) is 25.0 Å². The Balaban J connectivity index is 0.00000169. The molecular weight excluding hydrogens is 324 g/mol. The van der Waals surface area contributed by atoms with Gasteiger partial charge in [0.25, 0.3) is 5.56 Å². The van der Waals surface area contributed by atoms with Crippen molar-refractivity contribution in [3.63, 3.8) is 0 Å². The van der Waals surface area contributed by atoms with Crippen LogP contribution >= 0.6 is 12.4 Å². The molecule has 2 aromatic heterocycles. The van der Waals surface area contributed by atoms with Crippen LogP contribution in [-0.2, 0) is 6.54 Å². The van der Waals surface area contributed by atoms with Gasteiger partial charge < -0.3 is 5.32 Å². The van der Waals surface area contributed by atoms with E-state index in [4.69, 9.17) is 4.98 Å². The number of nitrogens with zero attached hydrogens (tertiary/aromatic N) is 3. The molecule has 1 saturated carbocycles. The second kappa shape index (κ2) is 7.21. The second-order valence-corrected chi connectivity index (χ2v) is 6.90. The molecule has 1 spiro atoms. The summed E-state index contributed by atoms with van der Waals surface area (Å²) in [4.78, 5) is 19.6. The molecule has 5 nitrogen and oxygen atoms in total. The summed E-state index contributed by atoms with van der Waals surface area (Å²) < 4.78 is 1.61. The third-order valence-corrected chi connectivity index (χ3v) is 5.44. The van der Waals surface area contributed by atoms with Gasteiger partial charge in [0.05, 0.1) is 5.69 Å². The minimum atomic E-state index is 0. The molecule has 4 rings (SSSR count). The van der Waals surface area contributed by atoms with E-state index in [1.165, 1.54) is 32.1 Å². The zero-order valence-corrected chi connectivity index (χ0v) is 14.7. The van der Waals surface area contributed by atoms with Crippen molar-refractivity contribution >= 4 is 18.1 Å². The molecule has 24 heavy (non-hydrogen) atoms. The van der Waals surface area contributed by atoms with Crippen molar-refractivity contribution in [3.05, 3.63) is 46.5 Å². The van der Waals surface area contributed by atoms with Gasteiger partial charge in [0, 0.05) is 44.0 Å². The number of piperazine rings is 1. The Morgan fingerprint density at radius 2 is 2.04 bits per heavy atom. The lowest BCUT2D eigenvalue weighted by atomic mass is 9.79. The molecule has 130 valence electrons. The normalized spacial score (nSPS) is 20.8. The number of aromatic nitrogens is 2. The molecule has 6 heteroatoms. The molecule has 0 unspecified atom stereocenters. The fourth-order valence-electron chi connectivity index (χ4n) is 4.21. The standard InChI is InChI=1S/C18H24N4O.ClH/c23-17-12-15(20-16-6-2-5-10-22(16)17)13-21-11-9-19-14-18(21)7-3-1-4-8-18;/h2,5-6,10,12,19H,1,3-4,7-9,11,13-14H2;1H. The lowest BCUT2D eigenvalue weighted by molar-refractivity contribution is 0.0199. The van der Waals surface area contributed by atoms with Crippen molar-refractivity contribution in [2.45, 2.75) is 44.2 Å². The number of hydrogen-bond acceptors (Lipinski definition) is 4. The Kier molecular flexibility index (Phi) is 5.23. The molecule has 1 aliphatic heterocycles. The van der Waals surface area contributed by atoms with Crippen molar-refractivity contribution in [3.8, 4) is 0 Å². The van der Waals surface area contributed by atoms with Crippen molar-refractivity contribution < 1.29 is 0 Å². The lowest BCUT2D eigenvalue weighted by Gasteiger charge is -2.49. The highest BCUT2D eigenvalue weighted by atomic mass is 35.5. The topological polar surface area (TPSA) is 49.6 Å². The van der Waals surface area contributed by atoms with E-state index >= 15 is 0 Å². The van der Waals surface area contributed by atoms with Crippen molar-refractivity contribution in [2.24, 2.45) is 0 Å². The molecule has 0 radical (unpaired) electrons. The third kappa shape index (κ3) is 3.21. The molecule has 2 aromatic rings. The van der Waals surface area contributed by atoms with Gasteiger partial charge >= 0.3 is 0 Å². The van der Waals surface area contributed by atoms with Crippen LogP contribution in [0.2, 0.25) is 0 Å². The highest BCUT2D eigenvalue weighted by Crippen LogP contribution is 2.35. The van der Waals surface area contributed by atoms with Gasteiger partial charge in [-0.15, -0.1) is 12.4 Å². The molecule has 0 aromatic carbocycles. The summed E-state index contributed by atoms with van der Waals surface area (Å²) in [5.74, 6) is 0. The molecule has 2 aliphatic rings. The summed E-state index contributed by atoms with van der Waals surface area (Å²) in [5.41, 5.74) is 1.91. The van der Waals surface area contributed by atoms with Crippen LogP contribution in [0.15, 0.2) is 35.3 Å². The summed E-state index contributed by atoms with van der Waals surface area (Å²) in [6.07, 6.45) is 8.27. The Bertz CT molecular complexity index is 746. The summed E-state index contributed by atoms with van der Waals surface area (Å²) >= 11 is 0. The first-order chi connectivity index (χ1) is 11.3. The number of rotatable bonds is 2. The second-order valence-electron chi connectivity index (χ2n) is 6.90. The zero-order valence-electron chi connectivity index (χ0n) is 13.9. The molecule has 1 aliphatic carbocycles. The first-order valence-electron chi connectivity index (χ1n) is 8.70. The SMILES string of the molecule is Cl.O=c1cc(CN2CCNCC23CCCCC3)nc2ccccn12. The van der Waals surface area contributed by atoms with E-state index in [-0.39, 0.29) is 23.5 Å². The summed E-state index contributed by atoms with van der Waals surface area (Å²) in [6, 6.07) is 7.40. The minimum absolute atomic E-state index is 0. The fourth-order valence-corrected chi connectivity index (χ4v) is 4.21. The smallest absolute Gasteiger partial charge is 0.258 e. The lowest BCUT2D eigenvalue weighted by Crippen LogP contribution is -2.61. The summed E-state index contributed by atoms with van der Waals surface area (Å²) in [7, 11) is 0. The first-order valence-corrected chi connectivity index (χ1v) is 8.70. The first kappa shape index (κ1) is 17.4. The van der Waals surface area contributed by atoms with E-state index in [0.717, 1.165) is 37.5 Å². The Morgan fingerprint density at radius 3 is 2.88 bits per heavy atom. The predicted molar refractivity (Wildman–Crippen MR) is 97.8 cm³/mol. The third-order valence-electron chi connectivity index (χ3n) is 5.44. The minimum Gasteiger partial charge on any atom is -0.314 e. The summed E-state index contributed by atoms with van der Waals surface area (Å²) in [6.45, 7) is 3.91. The molecule has 0 amide bonds. The molecule has 1 saturated heterocycles. The number of fused-ring (bicyclic) bond motifs is 1. The van der Waals surface area contributed by atoms with Gasteiger partial charge in [-0.1, -0.05) is 25.3 Å². The van der Waals surface area contributed by atoms with Gasteiger partial charge in [0.2, 0.25) is 0 Å². The average Bonchev–Trinajstić information content (AvgIpc) is 2.58. The van der Waals surface area contributed by atoms with Gasteiger partial charge in [0.1, 0.15) is 5.65 Å². The quantitative estimate of drug-likeness (QED) is 0.904. The zero-order chi connectivity index (χ0) is 15.7. The van der Waals surface area contributed by atoms with Crippen molar-refractivity contribution in [1.29, 1.82) is 0 Å². The maximum Gasteiger partial charge on any atom is 0.258 e. The van der Waals surface area contributed by atoms with Crippen molar-refractivity contribution in [2.75, 3.05) is 19.6 Å². The molecule has 1 N–H and O–H groups in total. The number of hydrogen-bond donors (Lipinski definition) is 1. The van der Waals surface area contributed by atoms with Gasteiger partial charge in [-0.3, -0.25) is 14.1 Å². The Hall–Kier alpha value is -1.43. The van der Waals surface area contributed by atoms with Crippen molar-refractivity contribution in [1.82, 2.24) is 19.6 Å². The highest BCUT2D eigenvalue weighted by Gasteiger charge is 2.39. The van der Waals surface area contributed by atoms with E-state index in [9.17, 15) is 4.79 Å². The van der Waals surface area contributed by atoms with E-state index in [1.54, 1.807) is 16.7 Å². The largest absolute Gasteiger partial charge is 0.314 e. The molecule has 3 heterocycles. The fraction of sp³-hybridized carbons (Fsp3) is 0.556. The Labute approximate surface area is 148 Å². The van der Waals surface area contributed by atoms with Crippen LogP contribution in [0, 0.1) is 0 Å². The summed E-state index contributed by atoms with van der Waals surface area (Å²) in [5, 5.41) is 3.57. The molecule has 0 atom stereocenters. The number of halogens is 1.